The largest absolute Gasteiger partial charge is 0.480 e. The first-order valence-corrected chi connectivity index (χ1v) is 3.72. The Labute approximate surface area is 70.6 Å². The highest BCUT2D eigenvalue weighted by atomic mass is 16.4. The summed E-state index contributed by atoms with van der Waals surface area (Å²) in [6.07, 6.45) is 0. The molecule has 66 valence electrons. The van der Waals surface area contributed by atoms with E-state index >= 15 is 0 Å². The molecule has 0 saturated carbocycles. The molecule has 1 saturated heterocycles. The molecule has 1 fully saturated rings. The highest BCUT2D eigenvalue weighted by Gasteiger charge is 2.31. The maximum Gasteiger partial charge on any atom is 0.322 e. The number of hydrogen-bond donors (Lipinski definition) is 2. The molecule has 0 spiro atoms. The fraction of sp³-hybridized carbons (Fsp3) is 0.714. The second-order valence-electron chi connectivity index (χ2n) is 2.82. The Balaban J connectivity index is 2.67. The molecular weight excluding hydrogens is 158 g/mol. The summed E-state index contributed by atoms with van der Waals surface area (Å²) >= 11 is 0. The van der Waals surface area contributed by atoms with Crippen molar-refractivity contribution in [3.63, 3.8) is 0 Å². The summed E-state index contributed by atoms with van der Waals surface area (Å²) in [7, 11) is 1.66. The van der Waals surface area contributed by atoms with E-state index in [2.05, 4.69) is 5.32 Å². The van der Waals surface area contributed by atoms with E-state index in [9.17, 15) is 4.79 Å². The lowest BCUT2D eigenvalue weighted by Gasteiger charge is -2.33. The maximum atomic E-state index is 10.6. The summed E-state index contributed by atoms with van der Waals surface area (Å²) in [5.74, 6) is -0.884. The van der Waals surface area contributed by atoms with Gasteiger partial charge in [0.15, 0.2) is 0 Å². The first-order chi connectivity index (χ1) is 5.66. The summed E-state index contributed by atoms with van der Waals surface area (Å²) in [6.45, 7) is 0.945. The van der Waals surface area contributed by atoms with E-state index in [1.54, 1.807) is 11.9 Å². The van der Waals surface area contributed by atoms with Gasteiger partial charge in [-0.25, -0.2) is 0 Å². The number of carboxylic acids is 1. The summed E-state index contributed by atoms with van der Waals surface area (Å²) in [5, 5.41) is 20.3. The normalized spacial score (nSPS) is 31.0. The zero-order chi connectivity index (χ0) is 9.14. The Morgan fingerprint density at radius 1 is 1.75 bits per heavy atom. The number of carbonyl (C=O) groups is 1. The molecular formula is C7H11N3O2. The van der Waals surface area contributed by atoms with Gasteiger partial charge in [-0.15, -0.1) is 0 Å². The van der Waals surface area contributed by atoms with Crippen LogP contribution in [-0.4, -0.2) is 48.2 Å². The van der Waals surface area contributed by atoms with Gasteiger partial charge in [0.05, 0.1) is 6.07 Å². The van der Waals surface area contributed by atoms with Gasteiger partial charge >= 0.3 is 5.97 Å². The van der Waals surface area contributed by atoms with Crippen LogP contribution in [0.4, 0.5) is 0 Å². The third kappa shape index (κ3) is 1.55. The average Bonchev–Trinajstić information content (AvgIpc) is 2.04. The Morgan fingerprint density at radius 3 is 2.92 bits per heavy atom. The summed E-state index contributed by atoms with van der Waals surface area (Å²) in [6, 6.07) is 1.12. The number of rotatable bonds is 1. The van der Waals surface area contributed by atoms with Crippen LogP contribution < -0.4 is 5.32 Å². The zero-order valence-corrected chi connectivity index (χ0v) is 6.82. The van der Waals surface area contributed by atoms with E-state index in [1.165, 1.54) is 0 Å². The minimum Gasteiger partial charge on any atom is -0.480 e. The van der Waals surface area contributed by atoms with Crippen molar-refractivity contribution in [3.8, 4) is 6.07 Å². The van der Waals surface area contributed by atoms with E-state index in [4.69, 9.17) is 10.4 Å². The van der Waals surface area contributed by atoms with Gasteiger partial charge in [-0.1, -0.05) is 0 Å². The van der Waals surface area contributed by atoms with Crippen molar-refractivity contribution < 1.29 is 9.90 Å². The molecule has 5 nitrogen and oxygen atoms in total. The molecule has 1 heterocycles. The first-order valence-electron chi connectivity index (χ1n) is 3.72. The fourth-order valence-electron chi connectivity index (χ4n) is 1.26. The number of nitriles is 1. The molecule has 5 heteroatoms. The van der Waals surface area contributed by atoms with Crippen LogP contribution in [0.15, 0.2) is 0 Å². The lowest BCUT2D eigenvalue weighted by molar-refractivity contribution is -0.143. The minimum absolute atomic E-state index is 0.333. The number of likely N-dealkylation sites (N-methyl/N-ethyl adjacent to an activating group) is 1. The predicted octanol–water partition coefficient (Wildman–Crippen LogP) is -1.13. The van der Waals surface area contributed by atoms with Crippen LogP contribution in [0, 0.1) is 11.3 Å². The number of nitrogens with one attached hydrogen (secondary N) is 1. The van der Waals surface area contributed by atoms with Crippen molar-refractivity contribution in [1.82, 2.24) is 10.2 Å². The van der Waals surface area contributed by atoms with E-state index in [1.807, 2.05) is 6.07 Å². The van der Waals surface area contributed by atoms with Crippen LogP contribution in [0.1, 0.15) is 0 Å². The second-order valence-corrected chi connectivity index (χ2v) is 2.82. The lowest BCUT2D eigenvalue weighted by Crippen LogP contribution is -2.57. The molecule has 2 N–H and O–H groups in total. The number of carboxylic acid groups (broad SMARTS) is 1. The molecule has 1 rings (SSSR count). The Morgan fingerprint density at radius 2 is 2.42 bits per heavy atom. The molecule has 12 heavy (non-hydrogen) atoms. The molecule has 0 bridgehead atoms. The molecule has 1 unspecified atom stereocenters. The van der Waals surface area contributed by atoms with Crippen molar-refractivity contribution in [2.24, 2.45) is 0 Å². The Bertz CT molecular complexity index is 223. The smallest absolute Gasteiger partial charge is 0.322 e. The van der Waals surface area contributed by atoms with E-state index in [0.717, 1.165) is 0 Å². The van der Waals surface area contributed by atoms with Crippen LogP contribution >= 0.6 is 0 Å². The van der Waals surface area contributed by atoms with Crippen molar-refractivity contribution in [2.45, 2.75) is 12.1 Å². The first kappa shape index (κ1) is 8.97. The average molecular weight is 169 g/mol. The van der Waals surface area contributed by atoms with E-state index in [0.29, 0.717) is 13.1 Å². The van der Waals surface area contributed by atoms with Crippen molar-refractivity contribution in [3.05, 3.63) is 0 Å². The maximum absolute atomic E-state index is 10.6. The summed E-state index contributed by atoms with van der Waals surface area (Å²) in [4.78, 5) is 12.2. The number of piperazine rings is 1. The Kier molecular flexibility index (Phi) is 2.63. The minimum atomic E-state index is -0.884. The molecule has 0 aromatic heterocycles. The molecule has 0 aliphatic carbocycles. The fourth-order valence-corrected chi connectivity index (χ4v) is 1.26. The summed E-state index contributed by atoms with van der Waals surface area (Å²) < 4.78 is 0. The highest BCUT2D eigenvalue weighted by Crippen LogP contribution is 2.06. The standard InChI is InChI=1S/C7H11N3O2/c1-10-5(2-8)3-9-4-6(10)7(11)12/h5-6,9H,3-4H2,1H3,(H,11,12)/t5?,6-/m1/s1. The van der Waals surface area contributed by atoms with E-state index in [-0.39, 0.29) is 6.04 Å². The summed E-state index contributed by atoms with van der Waals surface area (Å²) in [5.41, 5.74) is 0. The van der Waals surface area contributed by atoms with Crippen molar-refractivity contribution >= 4 is 5.97 Å². The van der Waals surface area contributed by atoms with Gasteiger partial charge in [-0.3, -0.25) is 9.69 Å². The van der Waals surface area contributed by atoms with Gasteiger partial charge in [0.2, 0.25) is 0 Å². The van der Waals surface area contributed by atoms with Gasteiger partial charge in [0.1, 0.15) is 12.1 Å². The van der Waals surface area contributed by atoms with Crippen molar-refractivity contribution in [2.75, 3.05) is 20.1 Å². The molecule has 2 atom stereocenters. The lowest BCUT2D eigenvalue weighted by atomic mass is 10.1. The van der Waals surface area contributed by atoms with Crippen LogP contribution in [0.3, 0.4) is 0 Å². The van der Waals surface area contributed by atoms with Gasteiger partial charge < -0.3 is 10.4 Å². The highest BCUT2D eigenvalue weighted by molar-refractivity contribution is 5.74. The molecule has 0 amide bonds. The van der Waals surface area contributed by atoms with Crippen LogP contribution in [0.25, 0.3) is 0 Å². The predicted molar refractivity (Wildman–Crippen MR) is 41.5 cm³/mol. The van der Waals surface area contributed by atoms with E-state index < -0.39 is 12.0 Å². The number of hydrogen-bond acceptors (Lipinski definition) is 4. The molecule has 0 aromatic rings. The quantitative estimate of drug-likeness (QED) is 0.519. The van der Waals surface area contributed by atoms with Crippen LogP contribution in [0.5, 0.6) is 0 Å². The third-order valence-corrected chi connectivity index (χ3v) is 2.09. The second kappa shape index (κ2) is 3.52. The van der Waals surface area contributed by atoms with Gasteiger partial charge in [-0.2, -0.15) is 5.26 Å². The number of nitrogens with zero attached hydrogens (tertiary/aromatic N) is 2. The number of aliphatic carboxylic acids is 1. The molecule has 1 aliphatic heterocycles. The Hall–Kier alpha value is -1.12. The van der Waals surface area contributed by atoms with Crippen LogP contribution in [-0.2, 0) is 4.79 Å². The van der Waals surface area contributed by atoms with Crippen molar-refractivity contribution in [1.29, 1.82) is 5.26 Å². The third-order valence-electron chi connectivity index (χ3n) is 2.09. The van der Waals surface area contributed by atoms with Gasteiger partial charge in [0.25, 0.3) is 0 Å². The van der Waals surface area contributed by atoms with Crippen LogP contribution in [0.2, 0.25) is 0 Å². The zero-order valence-electron chi connectivity index (χ0n) is 6.82. The monoisotopic (exact) mass is 169 g/mol. The van der Waals surface area contributed by atoms with Gasteiger partial charge in [-0.05, 0) is 7.05 Å². The SMILES string of the molecule is CN1C(C#N)CNC[C@@H]1C(=O)O. The van der Waals surface area contributed by atoms with Gasteiger partial charge in [0, 0.05) is 13.1 Å². The topological polar surface area (TPSA) is 76.4 Å². The molecule has 0 aromatic carbocycles. The molecule has 0 radical (unpaired) electrons. The molecule has 1 aliphatic rings.